The molecule has 1 aliphatic rings. The molecular weight excluding hydrogens is 260 g/mol. The van der Waals surface area contributed by atoms with Gasteiger partial charge in [-0.05, 0) is 25.5 Å². The third-order valence-corrected chi connectivity index (χ3v) is 3.03. The van der Waals surface area contributed by atoms with Crippen molar-refractivity contribution < 1.29 is 19.4 Å². The standard InChI is InChI=1S/C14H16N2O4/c1-2-20-14(19)11-4-3-7-15-12(11)16-10-6-5-9(8-10)13(17)18/h3-7,9-10H,2,8H2,1H3,(H,15,16)(H,17,18). The van der Waals surface area contributed by atoms with Crippen LogP contribution in [-0.2, 0) is 9.53 Å². The second-order valence-corrected chi connectivity index (χ2v) is 4.44. The SMILES string of the molecule is CCOC(=O)c1cccnc1NC1C=CC(C(=O)O)C1. The van der Waals surface area contributed by atoms with Crippen LogP contribution in [0.25, 0.3) is 0 Å². The lowest BCUT2D eigenvalue weighted by Gasteiger charge is -2.15. The fourth-order valence-electron chi connectivity index (χ4n) is 2.06. The Morgan fingerprint density at radius 2 is 2.30 bits per heavy atom. The van der Waals surface area contributed by atoms with Gasteiger partial charge < -0.3 is 15.2 Å². The van der Waals surface area contributed by atoms with Crippen LogP contribution in [0, 0.1) is 5.92 Å². The third kappa shape index (κ3) is 3.14. The van der Waals surface area contributed by atoms with Crippen molar-refractivity contribution in [3.63, 3.8) is 0 Å². The first-order valence-corrected chi connectivity index (χ1v) is 6.41. The van der Waals surface area contributed by atoms with Crippen molar-refractivity contribution in [2.24, 2.45) is 5.92 Å². The van der Waals surface area contributed by atoms with Crippen molar-refractivity contribution in [2.75, 3.05) is 11.9 Å². The van der Waals surface area contributed by atoms with E-state index >= 15 is 0 Å². The number of nitrogens with one attached hydrogen (secondary N) is 1. The highest BCUT2D eigenvalue weighted by atomic mass is 16.5. The average Bonchev–Trinajstić information content (AvgIpc) is 2.88. The molecule has 0 fully saturated rings. The van der Waals surface area contributed by atoms with E-state index in [0.717, 1.165) is 0 Å². The summed E-state index contributed by atoms with van der Waals surface area (Å²) in [5.74, 6) is -1.38. The highest BCUT2D eigenvalue weighted by molar-refractivity contribution is 5.94. The minimum absolute atomic E-state index is 0.154. The number of anilines is 1. The smallest absolute Gasteiger partial charge is 0.341 e. The van der Waals surface area contributed by atoms with Crippen molar-refractivity contribution in [3.05, 3.63) is 36.0 Å². The van der Waals surface area contributed by atoms with Gasteiger partial charge in [0.25, 0.3) is 0 Å². The van der Waals surface area contributed by atoms with Crippen molar-refractivity contribution in [1.29, 1.82) is 0 Å². The summed E-state index contributed by atoms with van der Waals surface area (Å²) < 4.78 is 4.96. The second-order valence-electron chi connectivity index (χ2n) is 4.44. The molecule has 0 bridgehead atoms. The molecule has 2 rings (SSSR count). The Balaban J connectivity index is 2.09. The fourth-order valence-corrected chi connectivity index (χ4v) is 2.06. The fraction of sp³-hybridized carbons (Fsp3) is 0.357. The molecule has 0 saturated carbocycles. The highest BCUT2D eigenvalue weighted by Gasteiger charge is 2.25. The van der Waals surface area contributed by atoms with E-state index in [4.69, 9.17) is 9.84 Å². The Kier molecular flexibility index (Phi) is 4.34. The van der Waals surface area contributed by atoms with E-state index in [2.05, 4.69) is 10.3 Å². The number of rotatable bonds is 5. The zero-order chi connectivity index (χ0) is 14.5. The van der Waals surface area contributed by atoms with E-state index in [0.29, 0.717) is 17.8 Å². The van der Waals surface area contributed by atoms with E-state index in [1.165, 1.54) is 0 Å². The summed E-state index contributed by atoms with van der Waals surface area (Å²) in [6.45, 7) is 2.02. The molecule has 6 nitrogen and oxygen atoms in total. The van der Waals surface area contributed by atoms with Crippen LogP contribution in [0.3, 0.4) is 0 Å². The first kappa shape index (κ1) is 14.0. The maximum absolute atomic E-state index is 11.8. The molecule has 6 heteroatoms. The molecule has 2 N–H and O–H groups in total. The van der Waals surface area contributed by atoms with E-state index in [-0.39, 0.29) is 12.6 Å². The molecule has 106 valence electrons. The van der Waals surface area contributed by atoms with Gasteiger partial charge in [-0.3, -0.25) is 4.79 Å². The first-order valence-electron chi connectivity index (χ1n) is 6.41. The number of carbonyl (C=O) groups excluding carboxylic acids is 1. The van der Waals surface area contributed by atoms with Crippen LogP contribution in [-0.4, -0.2) is 34.7 Å². The molecule has 2 atom stereocenters. The van der Waals surface area contributed by atoms with Gasteiger partial charge in [0.1, 0.15) is 11.4 Å². The Labute approximate surface area is 116 Å². The lowest BCUT2D eigenvalue weighted by molar-refractivity contribution is -0.140. The van der Waals surface area contributed by atoms with E-state index in [9.17, 15) is 9.59 Å². The van der Waals surface area contributed by atoms with Gasteiger partial charge >= 0.3 is 11.9 Å². The minimum Gasteiger partial charge on any atom is -0.481 e. The van der Waals surface area contributed by atoms with Gasteiger partial charge in [0.2, 0.25) is 0 Å². The maximum atomic E-state index is 11.8. The van der Waals surface area contributed by atoms with E-state index in [1.54, 1.807) is 37.4 Å². The summed E-state index contributed by atoms with van der Waals surface area (Å²) in [5, 5.41) is 12.0. The Hall–Kier alpha value is -2.37. The number of aromatic nitrogens is 1. The number of pyridine rings is 1. The summed E-state index contributed by atoms with van der Waals surface area (Å²) >= 11 is 0. The zero-order valence-electron chi connectivity index (χ0n) is 11.1. The molecule has 1 aromatic heterocycles. The molecule has 20 heavy (non-hydrogen) atoms. The summed E-state index contributed by atoms with van der Waals surface area (Å²) in [6, 6.07) is 3.13. The highest BCUT2D eigenvalue weighted by Crippen LogP contribution is 2.22. The first-order chi connectivity index (χ1) is 9.61. The molecule has 0 spiro atoms. The lowest BCUT2D eigenvalue weighted by Crippen LogP contribution is -2.21. The number of aliphatic carboxylic acids is 1. The monoisotopic (exact) mass is 276 g/mol. The largest absolute Gasteiger partial charge is 0.481 e. The average molecular weight is 276 g/mol. The predicted octanol–water partition coefficient (Wildman–Crippen LogP) is 1.70. The van der Waals surface area contributed by atoms with E-state index in [1.807, 2.05) is 0 Å². The number of carbonyl (C=O) groups is 2. The normalized spacial score (nSPS) is 20.6. The Bertz CT molecular complexity index is 542. The number of nitrogens with zero attached hydrogens (tertiary/aromatic N) is 1. The molecular formula is C14H16N2O4. The number of carboxylic acids is 1. The molecule has 0 amide bonds. The van der Waals surface area contributed by atoms with E-state index < -0.39 is 17.9 Å². The molecule has 0 aliphatic heterocycles. The van der Waals surface area contributed by atoms with Crippen LogP contribution in [0.15, 0.2) is 30.5 Å². The van der Waals surface area contributed by atoms with Crippen LogP contribution >= 0.6 is 0 Å². The molecule has 1 aromatic rings. The summed E-state index contributed by atoms with van der Waals surface area (Å²) in [7, 11) is 0. The van der Waals surface area contributed by atoms with Crippen LogP contribution in [0.5, 0.6) is 0 Å². The van der Waals surface area contributed by atoms with Crippen LogP contribution in [0.4, 0.5) is 5.82 Å². The number of carboxylic acid groups (broad SMARTS) is 1. The van der Waals surface area contributed by atoms with Crippen molar-refractivity contribution >= 4 is 17.8 Å². The summed E-state index contributed by atoms with van der Waals surface area (Å²) in [6.07, 6.45) is 5.43. The molecule has 1 heterocycles. The van der Waals surface area contributed by atoms with Crippen LogP contribution in [0.2, 0.25) is 0 Å². The molecule has 1 aliphatic carbocycles. The van der Waals surface area contributed by atoms with Gasteiger partial charge in [-0.2, -0.15) is 0 Å². The number of hydrogen-bond acceptors (Lipinski definition) is 5. The van der Waals surface area contributed by atoms with Crippen molar-refractivity contribution in [1.82, 2.24) is 4.98 Å². The lowest BCUT2D eigenvalue weighted by atomic mass is 10.1. The van der Waals surface area contributed by atoms with Gasteiger partial charge in [-0.15, -0.1) is 0 Å². The van der Waals surface area contributed by atoms with Crippen molar-refractivity contribution in [3.8, 4) is 0 Å². The molecule has 0 saturated heterocycles. The van der Waals surface area contributed by atoms with Crippen molar-refractivity contribution in [2.45, 2.75) is 19.4 Å². The Morgan fingerprint density at radius 1 is 1.50 bits per heavy atom. The van der Waals surface area contributed by atoms with Crippen LogP contribution < -0.4 is 5.32 Å². The third-order valence-electron chi connectivity index (χ3n) is 3.03. The topological polar surface area (TPSA) is 88.5 Å². The van der Waals surface area contributed by atoms with Gasteiger partial charge in [0, 0.05) is 12.2 Å². The Morgan fingerprint density at radius 3 is 2.95 bits per heavy atom. The molecule has 0 radical (unpaired) electrons. The van der Waals surface area contributed by atoms with Gasteiger partial charge in [-0.1, -0.05) is 12.2 Å². The minimum atomic E-state index is -0.850. The number of hydrogen-bond donors (Lipinski definition) is 2. The maximum Gasteiger partial charge on any atom is 0.341 e. The van der Waals surface area contributed by atoms with Gasteiger partial charge in [0.15, 0.2) is 0 Å². The molecule has 0 aromatic carbocycles. The predicted molar refractivity (Wildman–Crippen MR) is 72.5 cm³/mol. The quantitative estimate of drug-likeness (QED) is 0.628. The summed E-state index contributed by atoms with van der Waals surface area (Å²) in [5.41, 5.74) is 0.349. The number of ether oxygens (including phenoxy) is 1. The second kappa shape index (κ2) is 6.18. The van der Waals surface area contributed by atoms with Crippen LogP contribution in [0.1, 0.15) is 23.7 Å². The molecule has 2 unspecified atom stereocenters. The number of esters is 1. The summed E-state index contributed by atoms with van der Waals surface area (Å²) in [4.78, 5) is 26.8. The zero-order valence-corrected chi connectivity index (χ0v) is 11.1. The van der Waals surface area contributed by atoms with Gasteiger partial charge in [-0.25, -0.2) is 9.78 Å². The van der Waals surface area contributed by atoms with Gasteiger partial charge in [0.05, 0.1) is 12.5 Å².